The van der Waals surface area contributed by atoms with Gasteiger partial charge in [0.15, 0.2) is 0 Å². The van der Waals surface area contributed by atoms with Crippen molar-refractivity contribution >= 4 is 5.97 Å². The zero-order chi connectivity index (χ0) is 115. The molecule has 0 heterocycles. The molecule has 3 aromatic carbocycles. The monoisotopic (exact) mass is 2290 g/mol. The third-order valence-electron chi connectivity index (χ3n) is 19.6. The van der Waals surface area contributed by atoms with Crippen LogP contribution in [0, 0.1) is 0 Å². The Kier molecular flexibility index (Phi) is 36.1. The highest BCUT2D eigenvalue weighted by atomic mass is 19.5. The normalized spacial score (nSPS) is 15.6. The Bertz CT molecular complexity index is 4300. The van der Waals surface area contributed by atoms with Crippen LogP contribution in [-0.4, -0.2) is 228 Å². The van der Waals surface area contributed by atoms with Gasteiger partial charge < -0.3 is 33.5 Å². The lowest BCUT2D eigenvalue weighted by Gasteiger charge is -2.42. The molecule has 145 heavy (non-hydrogen) atoms. The van der Waals surface area contributed by atoms with Crippen LogP contribution in [0.25, 0.3) is 0 Å². The highest BCUT2D eigenvalue weighted by Crippen LogP contribution is 2.71. The lowest BCUT2D eigenvalue weighted by molar-refractivity contribution is -0.461. The first-order valence-corrected chi connectivity index (χ1v) is 36.8. The average Bonchev–Trinajstić information content (AvgIpc) is 0.704. The lowest BCUT2D eigenvalue weighted by Crippen LogP contribution is -2.74. The molecule has 0 bridgehead atoms. The smallest absolute Gasteiger partial charge is 0.460 e. The Morgan fingerprint density at radius 3 is 0.441 bits per heavy atom. The first kappa shape index (κ1) is 130. The largest absolute Gasteiger partial charge is 0.493 e. The van der Waals surface area contributed by atoms with E-state index in [9.17, 15) is 308 Å². The van der Waals surface area contributed by atoms with Crippen molar-refractivity contribution in [2.24, 2.45) is 0 Å². The van der Waals surface area contributed by atoms with Crippen LogP contribution in [0.3, 0.4) is 0 Å². The van der Waals surface area contributed by atoms with Crippen LogP contribution in [0.4, 0.5) is 299 Å². The summed E-state index contributed by atoms with van der Waals surface area (Å²) in [5.41, 5.74) is -2.76. The maximum atomic E-state index is 14.7. The number of carbonyl (C=O) groups is 1. The van der Waals surface area contributed by atoms with Gasteiger partial charge in [-0.1, -0.05) is 0 Å². The molecule has 0 aliphatic heterocycles. The van der Waals surface area contributed by atoms with E-state index in [1.807, 2.05) is 0 Å². The summed E-state index contributed by atoms with van der Waals surface area (Å²) in [6.45, 7) is -8.96. The molecule has 0 saturated carbocycles. The Labute approximate surface area is 755 Å². The molecule has 0 amide bonds. The molecule has 0 aliphatic rings. The summed E-state index contributed by atoms with van der Waals surface area (Å²) in [5, 5.41) is 9.88. The van der Waals surface area contributed by atoms with Crippen LogP contribution in [0.5, 0.6) is 34.5 Å². The van der Waals surface area contributed by atoms with Crippen molar-refractivity contribution in [1.29, 1.82) is 0 Å². The number of carboxylic acids is 1. The maximum Gasteiger partial charge on any atom is 0.460 e. The van der Waals surface area contributed by atoms with Crippen LogP contribution < -0.4 is 28.4 Å². The van der Waals surface area contributed by atoms with E-state index in [2.05, 4.69) is 0 Å². The standard InChI is InChI=1S/C69H46F68O8/c70-38(71,42(78,79)46(86,87)50(94,95)54(102,103)58(110,111)62(118,119)66(126,127)128)9-1-5-13-140-31-17-28(18-32(23-31)141-14-6-2-10-39(72,73)43(80,81)47(88,89)51(96,97)55(104,105)59(112,113)63(120,121)67(129,130)131)26-144-35-21-30(37(138)139)22-36(25-35)145-27-29-19-33(142-15-7-3-11-40(74,75)44(82,83)48(90,91)52(98,99)56(106,107)60(114,115)64(122,123)68(132,133)134)24-34(20-29)143-16-8-4-12-41(76,77)45(84,85)49(92,93)53(100,101)57(108,109)61(116,117)65(124,125)69(135,136)137/h17-25H,1-16,26-27H2,(H,138,139). The molecule has 0 saturated heterocycles. The van der Waals surface area contributed by atoms with Gasteiger partial charge in [-0.25, -0.2) is 4.79 Å². The number of rotatable bonds is 55. The SMILES string of the molecule is O=C(O)c1cc(OCc2cc(OCCCCC(F)(F)C(F)(F)C(F)(F)C(F)(F)C(F)(F)C(F)(F)C(F)(F)C(F)(F)F)cc(OCCCCC(F)(F)C(F)(F)C(F)(F)C(F)(F)C(F)(F)C(F)(F)C(F)(F)C(F)(F)F)c2)cc(OCc2cc(OCCCCC(F)(F)C(F)(F)C(F)(F)C(F)(F)C(F)(F)C(F)(F)C(F)(F)C(F)(F)F)cc(OCCCCC(F)(F)C(F)(F)C(F)(F)C(F)(F)C(F)(F)C(F)(F)C(F)(F)C(F)(F)F)c2)c1. The van der Waals surface area contributed by atoms with Gasteiger partial charge in [0.2, 0.25) is 0 Å². The highest BCUT2D eigenvalue weighted by Gasteiger charge is 3.00. The third kappa shape index (κ3) is 22.1. The van der Waals surface area contributed by atoms with E-state index in [0.29, 0.717) is 54.6 Å². The molecule has 0 unspecified atom stereocenters. The van der Waals surface area contributed by atoms with Gasteiger partial charge in [-0.15, -0.1) is 0 Å². The lowest BCUT2D eigenvalue weighted by atomic mass is 9.88. The molecule has 76 heteroatoms. The van der Waals surface area contributed by atoms with Crippen molar-refractivity contribution in [1.82, 2.24) is 0 Å². The van der Waals surface area contributed by atoms with Gasteiger partial charge in [0.25, 0.3) is 0 Å². The fraction of sp³-hybridized carbons (Fsp3) is 0.725. The molecule has 0 spiro atoms. The van der Waals surface area contributed by atoms with Crippen LogP contribution in [-0.2, 0) is 13.2 Å². The molecule has 0 radical (unpaired) electrons. The molecule has 3 rings (SSSR count). The summed E-state index contributed by atoms with van der Waals surface area (Å²) >= 11 is 0. The molecular weight excluding hydrogens is 2250 g/mol. The summed E-state index contributed by atoms with van der Waals surface area (Å²) in [4.78, 5) is 12.3. The van der Waals surface area contributed by atoms with Gasteiger partial charge in [-0.05, 0) is 98.9 Å². The minimum absolute atomic E-state index is 0.290. The molecule has 0 atom stereocenters. The van der Waals surface area contributed by atoms with Crippen LogP contribution in [0.15, 0.2) is 54.6 Å². The fourth-order valence-electron chi connectivity index (χ4n) is 10.9. The quantitative estimate of drug-likeness (QED) is 0.0441. The van der Waals surface area contributed by atoms with E-state index in [4.69, 9.17) is 28.4 Å². The first-order chi connectivity index (χ1) is 63.5. The van der Waals surface area contributed by atoms with Gasteiger partial charge in [-0.3, -0.25) is 0 Å². The number of ether oxygens (including phenoxy) is 6. The van der Waals surface area contributed by atoms with Crippen LogP contribution >= 0.6 is 0 Å². The number of halogens is 68. The van der Waals surface area contributed by atoms with Crippen molar-refractivity contribution in [3.8, 4) is 34.5 Å². The second-order valence-corrected chi connectivity index (χ2v) is 30.0. The van der Waals surface area contributed by atoms with Crippen molar-refractivity contribution in [3.63, 3.8) is 0 Å². The average molecular weight is 2290 g/mol. The fourth-order valence-corrected chi connectivity index (χ4v) is 10.9. The van der Waals surface area contributed by atoms with Crippen LogP contribution in [0.1, 0.15) is 98.5 Å². The predicted molar refractivity (Wildman–Crippen MR) is 335 cm³/mol. The number of carboxylic acid groups (broad SMARTS) is 1. The zero-order valence-electron chi connectivity index (χ0n) is 67.9. The molecule has 846 valence electrons. The maximum absolute atomic E-state index is 14.7. The Hall–Kier alpha value is -8.83. The first-order valence-electron chi connectivity index (χ1n) is 36.8. The summed E-state index contributed by atoms with van der Waals surface area (Å²) in [5.74, 6) is -248. The van der Waals surface area contributed by atoms with E-state index < -0.39 is 364 Å². The number of unbranched alkanes of at least 4 members (excludes halogenated alkanes) is 4. The van der Waals surface area contributed by atoms with Crippen molar-refractivity contribution < 1.29 is 337 Å². The summed E-state index contributed by atoms with van der Waals surface area (Å²) in [6, 6.07) is 3.46. The highest BCUT2D eigenvalue weighted by molar-refractivity contribution is 5.88. The molecule has 3 aromatic rings. The van der Waals surface area contributed by atoms with E-state index in [1.165, 1.54) is 0 Å². The number of alkyl halides is 68. The molecule has 0 aliphatic carbocycles. The van der Waals surface area contributed by atoms with E-state index >= 15 is 0 Å². The van der Waals surface area contributed by atoms with Crippen molar-refractivity contribution in [2.75, 3.05) is 26.4 Å². The van der Waals surface area contributed by atoms with E-state index in [0.717, 1.165) is 0 Å². The second-order valence-electron chi connectivity index (χ2n) is 30.0. The van der Waals surface area contributed by atoms with Gasteiger partial charge in [0.05, 0.1) is 32.0 Å². The zero-order valence-corrected chi connectivity index (χ0v) is 67.9. The van der Waals surface area contributed by atoms with Gasteiger partial charge in [0.1, 0.15) is 47.7 Å². The second kappa shape index (κ2) is 40.2. The summed E-state index contributed by atoms with van der Waals surface area (Å²) in [7, 11) is 0. The van der Waals surface area contributed by atoms with Gasteiger partial charge in [0, 0.05) is 43.9 Å². The number of hydrogen-bond acceptors (Lipinski definition) is 7. The predicted octanol–water partition coefficient (Wildman–Crippen LogP) is 30.8. The third-order valence-corrected chi connectivity index (χ3v) is 19.6. The molecule has 0 fully saturated rings. The molecule has 8 nitrogen and oxygen atoms in total. The topological polar surface area (TPSA) is 92.7 Å². The summed E-state index contributed by atoms with van der Waals surface area (Å²) < 4.78 is 974. The molecular formula is C69H46F68O8. The molecule has 1 N–H and O–H groups in total. The Balaban J connectivity index is 2.19. The Morgan fingerprint density at radius 2 is 0.303 bits per heavy atom. The van der Waals surface area contributed by atoms with Gasteiger partial charge in [-0.2, -0.15) is 299 Å². The van der Waals surface area contributed by atoms with Gasteiger partial charge >= 0.3 is 197 Å². The van der Waals surface area contributed by atoms with E-state index in [-0.39, 0.29) is 0 Å². The minimum atomic E-state index is -9.11. The number of aromatic carboxylic acids is 1. The van der Waals surface area contributed by atoms with E-state index in [1.54, 1.807) is 0 Å². The number of benzene rings is 3. The summed E-state index contributed by atoms with van der Waals surface area (Å²) in [6.07, 6.45) is -59.6. The molecule has 0 aromatic heterocycles. The van der Waals surface area contributed by atoms with Crippen molar-refractivity contribution in [3.05, 3.63) is 71.3 Å². The van der Waals surface area contributed by atoms with Crippen molar-refractivity contribution in [2.45, 2.75) is 281 Å². The Morgan fingerprint density at radius 1 is 0.172 bits per heavy atom. The number of hydrogen-bond donors (Lipinski definition) is 1. The van der Waals surface area contributed by atoms with Crippen LogP contribution in [0.2, 0.25) is 0 Å². The minimum Gasteiger partial charge on any atom is -0.493 e.